The summed E-state index contributed by atoms with van der Waals surface area (Å²) < 4.78 is 61.6. The molecule has 0 aliphatic carbocycles. The lowest BCUT2D eigenvalue weighted by Gasteiger charge is -2.21. The van der Waals surface area contributed by atoms with Gasteiger partial charge in [0.25, 0.3) is 0 Å². The maximum Gasteiger partial charge on any atom is 0.472 e. The van der Waals surface area contributed by atoms with E-state index in [4.69, 9.17) is 32.3 Å². The fourth-order valence-electron chi connectivity index (χ4n) is 12.7. The quantitative estimate of drug-likeness (QED) is 0.0146. The highest BCUT2D eigenvalue weighted by Gasteiger charge is 2.30. The molecule has 0 spiro atoms. The van der Waals surface area contributed by atoms with Crippen LogP contribution in [-0.2, 0) is 55.8 Å². The highest BCUT2D eigenvalue weighted by Crippen LogP contribution is 2.45. The zero-order valence-electron chi connectivity index (χ0n) is 75.2. The van der Waals surface area contributed by atoms with Crippen molar-refractivity contribution in [3.05, 3.63) is 170 Å². The first kappa shape index (κ1) is 114. The molecule has 4 N–H and O–H groups in total. The van der Waals surface area contributed by atoms with Crippen LogP contribution in [-0.4, -0.2) is 95.9 Å². The van der Waals surface area contributed by atoms with E-state index in [-0.39, 0.29) is 19.3 Å². The average Bonchev–Trinajstić information content (AvgIpc) is 0.905. The first-order chi connectivity index (χ1) is 58.2. The lowest BCUT2D eigenvalue weighted by Crippen LogP contribution is -2.30. The molecule has 5 unspecified atom stereocenters. The third-order valence-electron chi connectivity index (χ3n) is 19.9. The van der Waals surface area contributed by atoms with E-state index in [1.807, 2.05) is 0 Å². The summed E-state index contributed by atoms with van der Waals surface area (Å²) in [6.07, 6.45) is 120. The Balaban J connectivity index is 4.64. The second kappa shape index (κ2) is 92.1. The van der Waals surface area contributed by atoms with E-state index in [2.05, 4.69) is 191 Å². The number of carbonyl (C=O) groups is 3. The second-order valence-corrected chi connectivity index (χ2v) is 34.3. The zero-order valence-corrected chi connectivity index (χ0v) is 77.0. The van der Waals surface area contributed by atoms with Crippen LogP contribution in [0.1, 0.15) is 393 Å². The van der Waals surface area contributed by atoms with Crippen LogP contribution in [0.25, 0.3) is 0 Å². The normalized spacial score (nSPS) is 14.5. The Hall–Kier alpha value is -5.09. The number of hydrogen-bond donors (Lipinski definition) is 4. The van der Waals surface area contributed by atoms with Gasteiger partial charge >= 0.3 is 33.6 Å². The molecule has 18 heteroatoms. The van der Waals surface area contributed by atoms with Gasteiger partial charge in [-0.2, -0.15) is 0 Å². The molecule has 0 amide bonds. The number of allylic oxidation sites excluding steroid dienone is 28. The van der Waals surface area contributed by atoms with Crippen LogP contribution in [0.5, 0.6) is 0 Å². The summed E-state index contributed by atoms with van der Waals surface area (Å²) >= 11 is 0. The maximum absolute atomic E-state index is 13.1. The second-order valence-electron chi connectivity index (χ2n) is 31.4. The average molecular weight is 1700 g/mol. The number of carbonyl (C=O) groups excluding carboxylic acids is 3. The molecule has 0 bridgehead atoms. The zero-order chi connectivity index (χ0) is 86.5. The van der Waals surface area contributed by atoms with Crippen LogP contribution in [0.3, 0.4) is 0 Å². The number of rotatable bonds is 89. The van der Waals surface area contributed by atoms with Crippen molar-refractivity contribution in [3.8, 4) is 0 Å². The van der Waals surface area contributed by atoms with E-state index in [1.165, 1.54) is 167 Å². The summed E-state index contributed by atoms with van der Waals surface area (Å²) in [6.45, 7) is 2.55. The number of hydrogen-bond acceptors (Lipinski definition) is 14. The molecular weight excluding hydrogens is 1530 g/mol. The molecular formula is C101H172O16P2. The number of unbranched alkanes of at least 4 members (excludes halogenated alkanes) is 38. The highest BCUT2D eigenvalue weighted by atomic mass is 31.2. The van der Waals surface area contributed by atoms with Crippen LogP contribution < -0.4 is 0 Å². The van der Waals surface area contributed by atoms with Crippen molar-refractivity contribution in [2.45, 2.75) is 411 Å². The van der Waals surface area contributed by atoms with Gasteiger partial charge in [0.15, 0.2) is 6.10 Å². The van der Waals surface area contributed by atoms with Crippen molar-refractivity contribution in [1.82, 2.24) is 0 Å². The standard InChI is InChI=1S/C101H172O16P2/c1-4-7-10-13-16-19-22-25-28-31-34-37-40-43-45-46-47-48-50-53-54-57-60-63-66-69-72-75-78-81-84-87-99(104)111-90-96(102)91-113-118(107,108)114-92-97(103)93-115-119(109,110)116-95-98(117-101(106)89-86-83-80-77-74-71-68-65-62-59-56-51-42-39-36-33-30-27-24-21-18-15-12-9-6-3)94-112-100(105)88-85-82-79-76-73-70-67-64-61-58-55-52-49-44-41-38-35-32-29-26-23-20-17-14-11-8-5-2/h7,10,16-21,25-30,34-39,43-45,47-49,51,56,96-98,102-103H,4-6,8-9,11-15,22-24,31-33,40-42,46,50,52-55,57-95H2,1-3H3,(H,107,108)(H,109,110)/b10-7-,19-16-,20-17-,21-18-,28-25-,29-26-,30-27-,37-34-,38-35-,39-36-,45-43-,48-47-,49-44-,56-51-. The van der Waals surface area contributed by atoms with E-state index < -0.39 is 91.5 Å². The fourth-order valence-corrected chi connectivity index (χ4v) is 14.3. The van der Waals surface area contributed by atoms with E-state index in [9.17, 15) is 43.5 Å². The van der Waals surface area contributed by atoms with Gasteiger partial charge in [-0.15, -0.1) is 0 Å². The molecule has 0 saturated heterocycles. The third-order valence-corrected chi connectivity index (χ3v) is 21.8. The lowest BCUT2D eigenvalue weighted by atomic mass is 10.0. The molecule has 0 radical (unpaired) electrons. The number of ether oxygens (including phenoxy) is 3. The summed E-state index contributed by atoms with van der Waals surface area (Å²) in [5.74, 6) is -1.58. The molecule has 0 aromatic carbocycles. The molecule has 0 aromatic heterocycles. The number of aliphatic hydroxyl groups is 2. The summed E-state index contributed by atoms with van der Waals surface area (Å²) in [7, 11) is -9.82. The number of esters is 3. The highest BCUT2D eigenvalue weighted by molar-refractivity contribution is 7.47. The molecule has 16 nitrogen and oxygen atoms in total. The topological polar surface area (TPSA) is 231 Å². The van der Waals surface area contributed by atoms with Gasteiger partial charge in [0.2, 0.25) is 0 Å². The van der Waals surface area contributed by atoms with E-state index in [0.29, 0.717) is 19.3 Å². The molecule has 0 aliphatic rings. The number of aliphatic hydroxyl groups excluding tert-OH is 2. The van der Waals surface area contributed by atoms with Gasteiger partial charge in [-0.1, -0.05) is 384 Å². The van der Waals surface area contributed by atoms with E-state index in [0.717, 1.165) is 167 Å². The third kappa shape index (κ3) is 93.5. The Labute approximate surface area is 726 Å². The molecule has 0 aromatic rings. The van der Waals surface area contributed by atoms with Crippen molar-refractivity contribution in [1.29, 1.82) is 0 Å². The fraction of sp³-hybridized carbons (Fsp3) is 0.693. The molecule has 0 aliphatic heterocycles. The van der Waals surface area contributed by atoms with Crippen molar-refractivity contribution < 1.29 is 75.8 Å². The van der Waals surface area contributed by atoms with Gasteiger partial charge in [0, 0.05) is 19.3 Å². The van der Waals surface area contributed by atoms with E-state index in [1.54, 1.807) is 0 Å². The van der Waals surface area contributed by atoms with Crippen molar-refractivity contribution in [2.75, 3.05) is 39.6 Å². The van der Waals surface area contributed by atoms with Gasteiger partial charge < -0.3 is 34.2 Å². The molecule has 0 fully saturated rings. The van der Waals surface area contributed by atoms with Crippen LogP contribution in [0.4, 0.5) is 0 Å². The monoisotopic (exact) mass is 1700 g/mol. The molecule has 0 rings (SSSR count). The molecule has 119 heavy (non-hydrogen) atoms. The molecule has 682 valence electrons. The predicted molar refractivity (Wildman–Crippen MR) is 500 cm³/mol. The van der Waals surface area contributed by atoms with Crippen LogP contribution in [0.15, 0.2) is 170 Å². The van der Waals surface area contributed by atoms with Gasteiger partial charge in [0.1, 0.15) is 25.4 Å². The van der Waals surface area contributed by atoms with Crippen LogP contribution >= 0.6 is 15.6 Å². The van der Waals surface area contributed by atoms with Gasteiger partial charge in [-0.05, 0) is 161 Å². The van der Waals surface area contributed by atoms with Crippen LogP contribution in [0, 0.1) is 0 Å². The maximum atomic E-state index is 13.1. The Morgan fingerprint density at radius 1 is 0.244 bits per heavy atom. The summed E-state index contributed by atoms with van der Waals surface area (Å²) in [4.78, 5) is 59.1. The predicted octanol–water partition coefficient (Wildman–Crippen LogP) is 29.4. The Bertz CT molecular complexity index is 2840. The van der Waals surface area contributed by atoms with Gasteiger partial charge in [-0.3, -0.25) is 32.5 Å². The van der Waals surface area contributed by atoms with Crippen LogP contribution in [0.2, 0.25) is 0 Å². The minimum absolute atomic E-state index is 0.0931. The molecule has 5 atom stereocenters. The molecule has 0 saturated carbocycles. The minimum atomic E-state index is -4.95. The Morgan fingerprint density at radius 3 is 0.706 bits per heavy atom. The largest absolute Gasteiger partial charge is 0.472 e. The smallest absolute Gasteiger partial charge is 0.463 e. The Kier molecular flexibility index (Phi) is 88.2. The minimum Gasteiger partial charge on any atom is -0.463 e. The molecule has 0 heterocycles. The van der Waals surface area contributed by atoms with Gasteiger partial charge in [0.05, 0.1) is 26.4 Å². The van der Waals surface area contributed by atoms with Crippen molar-refractivity contribution in [3.63, 3.8) is 0 Å². The van der Waals surface area contributed by atoms with Crippen molar-refractivity contribution in [2.24, 2.45) is 0 Å². The SMILES string of the molecule is CC/C=C\C/C=C\C/C=C\C/C=C\C/C=C\C/C=C\CCCCCCCCCCCCCCC(=O)OCC(O)COP(=O)(O)OCC(O)COP(=O)(O)OCC(COC(=O)CCCCCCCCCCCCC/C=C\C/C=C\C/C=C\C/C=C\CCCCC)OC(=O)CCCCCCCCCCC/C=C\C/C=C\C/C=C\C/C=C\CCCCC. The first-order valence-corrected chi connectivity index (χ1v) is 50.4. The summed E-state index contributed by atoms with van der Waals surface area (Å²) in [5, 5.41) is 20.8. The van der Waals surface area contributed by atoms with E-state index >= 15 is 0 Å². The summed E-state index contributed by atoms with van der Waals surface area (Å²) in [6, 6.07) is 0. The Morgan fingerprint density at radius 2 is 0.445 bits per heavy atom. The number of phosphoric acid groups is 2. The first-order valence-electron chi connectivity index (χ1n) is 47.4. The van der Waals surface area contributed by atoms with Gasteiger partial charge in [-0.25, -0.2) is 9.13 Å². The number of phosphoric ester groups is 2. The summed E-state index contributed by atoms with van der Waals surface area (Å²) in [5.41, 5.74) is 0. The lowest BCUT2D eigenvalue weighted by molar-refractivity contribution is -0.161. The van der Waals surface area contributed by atoms with Crippen molar-refractivity contribution >= 4 is 33.6 Å².